The monoisotopic (exact) mass is 370 g/mol. The normalized spacial score (nSPS) is 17.3. The van der Waals surface area contributed by atoms with Gasteiger partial charge in [-0.05, 0) is 30.4 Å². The topological polar surface area (TPSA) is 64.2 Å². The third kappa shape index (κ3) is 4.21. The highest BCUT2D eigenvalue weighted by Crippen LogP contribution is 2.30. The Morgan fingerprint density at radius 2 is 1.92 bits per heavy atom. The van der Waals surface area contributed by atoms with Gasteiger partial charge in [-0.3, -0.25) is 0 Å². The van der Waals surface area contributed by atoms with Crippen LogP contribution in [0.2, 0.25) is 5.02 Å². The van der Waals surface area contributed by atoms with Crippen LogP contribution in [0.4, 0.5) is 13.2 Å². The summed E-state index contributed by atoms with van der Waals surface area (Å²) < 4.78 is 48.9. The Kier molecular flexibility index (Phi) is 4.54. The molecule has 5 nitrogen and oxygen atoms in total. The van der Waals surface area contributed by atoms with Crippen molar-refractivity contribution in [3.05, 3.63) is 80.9 Å². The van der Waals surface area contributed by atoms with Crippen LogP contribution in [0, 0.1) is 0 Å². The molecule has 3 rings (SSSR count). The predicted molar refractivity (Wildman–Crippen MR) is 83.3 cm³/mol. The number of aromatic nitrogens is 2. The first-order chi connectivity index (χ1) is 11.8. The maximum absolute atomic E-state index is 12.7. The highest BCUT2D eigenvalue weighted by Gasteiger charge is 2.32. The molecule has 0 saturated carbocycles. The number of aromatic amines is 1. The summed E-state index contributed by atoms with van der Waals surface area (Å²) in [4.78, 5) is 16.3. The fourth-order valence-corrected chi connectivity index (χ4v) is 2.16. The lowest BCUT2D eigenvalue weighted by Crippen LogP contribution is -2.19. The number of H-pyrrole nitrogens is 1. The highest BCUT2D eigenvalue weighted by molar-refractivity contribution is 6.30. The fraction of sp³-hybridized carbons (Fsp3) is 0.125. The molecule has 9 heteroatoms. The van der Waals surface area contributed by atoms with E-state index in [9.17, 15) is 18.0 Å². The summed E-state index contributed by atoms with van der Waals surface area (Å²) in [5.74, 6) is 0.274. The zero-order chi connectivity index (χ0) is 18.0. The first kappa shape index (κ1) is 17.1. The Morgan fingerprint density at radius 3 is 2.60 bits per heavy atom. The van der Waals surface area contributed by atoms with Crippen LogP contribution in [-0.2, 0) is 15.7 Å². The molecule has 1 aliphatic rings. The first-order valence-corrected chi connectivity index (χ1v) is 7.33. The van der Waals surface area contributed by atoms with Crippen LogP contribution < -0.4 is 5.69 Å². The van der Waals surface area contributed by atoms with Crippen molar-refractivity contribution in [3.63, 3.8) is 0 Å². The van der Waals surface area contributed by atoms with E-state index in [0.717, 1.165) is 11.6 Å². The van der Waals surface area contributed by atoms with E-state index < -0.39 is 23.8 Å². The second-order valence-corrected chi connectivity index (χ2v) is 5.45. The maximum atomic E-state index is 12.7. The van der Waals surface area contributed by atoms with Gasteiger partial charge in [-0.1, -0.05) is 23.7 Å². The largest absolute Gasteiger partial charge is 0.454 e. The number of nitrogens with one attached hydrogen (secondary N) is 1. The number of hydrogen-bond acceptors (Lipinski definition) is 4. The van der Waals surface area contributed by atoms with E-state index in [1.807, 2.05) is 0 Å². The van der Waals surface area contributed by atoms with Crippen LogP contribution in [0.5, 0.6) is 0 Å². The molecule has 0 amide bonds. The van der Waals surface area contributed by atoms with Gasteiger partial charge in [-0.15, -0.1) is 0 Å². The third-order valence-corrected chi connectivity index (χ3v) is 3.43. The molecule has 1 atom stereocenters. The smallest absolute Gasteiger partial charge is 0.431 e. The Balaban J connectivity index is 1.72. The number of halogens is 4. The molecular weight excluding hydrogens is 361 g/mol. The quantitative estimate of drug-likeness (QED) is 0.885. The summed E-state index contributed by atoms with van der Waals surface area (Å²) in [5, 5.41) is 0.565. The number of ether oxygens (including phenoxy) is 2. The van der Waals surface area contributed by atoms with Crippen molar-refractivity contribution in [2.75, 3.05) is 0 Å². The number of allylic oxidation sites excluding steroid dienone is 1. The van der Waals surface area contributed by atoms with Crippen molar-refractivity contribution in [1.29, 1.82) is 0 Å². The van der Waals surface area contributed by atoms with E-state index in [1.165, 1.54) is 18.4 Å². The van der Waals surface area contributed by atoms with Crippen molar-refractivity contribution in [2.24, 2.45) is 0 Å². The molecule has 0 spiro atoms. The number of benzene rings is 1. The minimum atomic E-state index is -4.67. The lowest BCUT2D eigenvalue weighted by atomic mass is 10.2. The van der Waals surface area contributed by atoms with Crippen molar-refractivity contribution >= 4 is 17.7 Å². The summed E-state index contributed by atoms with van der Waals surface area (Å²) in [6.45, 7) is 0. The molecule has 1 aromatic heterocycles. The van der Waals surface area contributed by atoms with Gasteiger partial charge in [-0.2, -0.15) is 18.2 Å². The van der Waals surface area contributed by atoms with E-state index in [2.05, 4.69) is 4.98 Å². The van der Waals surface area contributed by atoms with Crippen molar-refractivity contribution in [2.45, 2.75) is 12.5 Å². The first-order valence-electron chi connectivity index (χ1n) is 6.96. The summed E-state index contributed by atoms with van der Waals surface area (Å²) in [7, 11) is 0. The minimum Gasteiger partial charge on any atom is -0.454 e. The van der Waals surface area contributed by atoms with Gasteiger partial charge in [0, 0.05) is 10.6 Å². The van der Waals surface area contributed by atoms with Gasteiger partial charge in [0.15, 0.2) is 5.76 Å². The Hall–Kier alpha value is -2.74. The molecule has 1 aromatic carbocycles. The highest BCUT2D eigenvalue weighted by atomic mass is 35.5. The molecule has 25 heavy (non-hydrogen) atoms. The summed E-state index contributed by atoms with van der Waals surface area (Å²) >= 11 is 5.80. The van der Waals surface area contributed by atoms with Crippen molar-refractivity contribution in [1.82, 2.24) is 9.97 Å². The van der Waals surface area contributed by atoms with E-state index in [0.29, 0.717) is 5.02 Å². The Bertz CT molecular complexity index is 889. The van der Waals surface area contributed by atoms with Crippen LogP contribution in [0.3, 0.4) is 0 Å². The Morgan fingerprint density at radius 1 is 1.20 bits per heavy atom. The Labute approximate surface area is 144 Å². The summed E-state index contributed by atoms with van der Waals surface area (Å²) in [6, 6.07) is 7.53. The SMILES string of the molecule is O=c1nc(C=CC2=COC(c3ccc(Cl)cc3)O2)cc(C(F)(F)F)[nH]1. The van der Waals surface area contributed by atoms with Gasteiger partial charge in [0.2, 0.25) is 0 Å². The lowest BCUT2D eigenvalue weighted by Gasteiger charge is -2.11. The van der Waals surface area contributed by atoms with Gasteiger partial charge in [0.05, 0.1) is 5.69 Å². The fourth-order valence-electron chi connectivity index (χ4n) is 2.04. The number of rotatable bonds is 3. The van der Waals surface area contributed by atoms with Crippen LogP contribution in [-0.4, -0.2) is 9.97 Å². The standard InChI is InChI=1S/C16H10ClF3N2O3/c17-10-3-1-9(2-4-10)14-24-8-12(25-14)6-5-11-7-13(16(18,19)20)22-15(23)21-11/h1-8,14H,(H,21,22,23). The molecule has 2 heterocycles. The average Bonchev–Trinajstić information content (AvgIpc) is 3.01. The van der Waals surface area contributed by atoms with Crippen molar-refractivity contribution in [3.8, 4) is 0 Å². The molecular formula is C16H10ClF3N2O3. The third-order valence-electron chi connectivity index (χ3n) is 3.18. The van der Waals surface area contributed by atoms with Gasteiger partial charge < -0.3 is 14.5 Å². The maximum Gasteiger partial charge on any atom is 0.431 e. The van der Waals surface area contributed by atoms with E-state index in [4.69, 9.17) is 21.1 Å². The minimum absolute atomic E-state index is 0.157. The van der Waals surface area contributed by atoms with E-state index in [-0.39, 0.29) is 11.5 Å². The zero-order valence-corrected chi connectivity index (χ0v) is 13.1. The molecule has 0 aliphatic carbocycles. The molecule has 0 fully saturated rings. The second-order valence-electron chi connectivity index (χ2n) is 5.01. The van der Waals surface area contributed by atoms with Gasteiger partial charge in [0.1, 0.15) is 12.0 Å². The molecule has 130 valence electrons. The summed E-state index contributed by atoms with van der Waals surface area (Å²) in [6.07, 6.45) is -1.46. The van der Waals surface area contributed by atoms with E-state index in [1.54, 1.807) is 29.2 Å². The van der Waals surface area contributed by atoms with Crippen LogP contribution in [0.1, 0.15) is 23.2 Å². The molecule has 0 radical (unpaired) electrons. The molecule has 0 saturated heterocycles. The predicted octanol–water partition coefficient (Wildman–Crippen LogP) is 4.04. The second kappa shape index (κ2) is 6.64. The van der Waals surface area contributed by atoms with E-state index >= 15 is 0 Å². The van der Waals surface area contributed by atoms with Crippen LogP contribution in [0.15, 0.2) is 53.2 Å². The van der Waals surface area contributed by atoms with Crippen molar-refractivity contribution < 1.29 is 22.6 Å². The molecule has 1 N–H and O–H groups in total. The van der Waals surface area contributed by atoms with Crippen LogP contribution >= 0.6 is 11.6 Å². The molecule has 1 aliphatic heterocycles. The van der Waals surface area contributed by atoms with Gasteiger partial charge in [0.25, 0.3) is 6.29 Å². The lowest BCUT2D eigenvalue weighted by molar-refractivity contribution is -0.141. The van der Waals surface area contributed by atoms with Crippen LogP contribution in [0.25, 0.3) is 6.08 Å². The molecule has 1 unspecified atom stereocenters. The number of hydrogen-bond donors (Lipinski definition) is 1. The summed E-state index contributed by atoms with van der Waals surface area (Å²) in [5.41, 5.74) is -1.71. The molecule has 0 bridgehead atoms. The zero-order valence-electron chi connectivity index (χ0n) is 12.4. The number of nitrogens with zero attached hydrogens (tertiary/aromatic N) is 1. The van der Waals surface area contributed by atoms with Gasteiger partial charge >= 0.3 is 11.9 Å². The van der Waals surface area contributed by atoms with Gasteiger partial charge in [-0.25, -0.2) is 4.79 Å². The number of alkyl halides is 3. The average molecular weight is 371 g/mol. The molecule has 2 aromatic rings.